The van der Waals surface area contributed by atoms with Crippen LogP contribution in [0.2, 0.25) is 0 Å². The van der Waals surface area contributed by atoms with E-state index < -0.39 is 5.60 Å². The molecule has 0 aromatic carbocycles. The molecule has 15 heavy (non-hydrogen) atoms. The second-order valence-corrected chi connectivity index (χ2v) is 4.86. The van der Waals surface area contributed by atoms with Crippen LogP contribution in [0.5, 0.6) is 0 Å². The zero-order chi connectivity index (χ0) is 11.3. The zero-order valence-corrected chi connectivity index (χ0v) is 9.95. The van der Waals surface area contributed by atoms with Crippen molar-refractivity contribution in [2.45, 2.75) is 45.0 Å². The maximum Gasteiger partial charge on any atom is 0.0936 e. The van der Waals surface area contributed by atoms with Crippen LogP contribution in [-0.4, -0.2) is 49.2 Å². The standard InChI is InChI=1S/C11H23NO3/c1-9-6-12-7-10(15-9)8-14-5-4-11(2,3)13/h9-10,12-13H,4-8H2,1-3H3. The van der Waals surface area contributed by atoms with E-state index in [0.717, 1.165) is 13.1 Å². The Morgan fingerprint density at radius 2 is 2.20 bits per heavy atom. The third-order valence-electron chi connectivity index (χ3n) is 2.39. The average molecular weight is 217 g/mol. The van der Waals surface area contributed by atoms with Crippen molar-refractivity contribution in [1.29, 1.82) is 0 Å². The molecule has 0 aromatic heterocycles. The first-order valence-electron chi connectivity index (χ1n) is 5.64. The summed E-state index contributed by atoms with van der Waals surface area (Å²) in [6, 6.07) is 0. The Morgan fingerprint density at radius 1 is 1.47 bits per heavy atom. The van der Waals surface area contributed by atoms with Crippen molar-refractivity contribution in [3.63, 3.8) is 0 Å². The minimum Gasteiger partial charge on any atom is -0.390 e. The van der Waals surface area contributed by atoms with Crippen molar-refractivity contribution in [2.24, 2.45) is 0 Å². The third-order valence-corrected chi connectivity index (χ3v) is 2.39. The predicted molar refractivity (Wildman–Crippen MR) is 58.9 cm³/mol. The first-order valence-corrected chi connectivity index (χ1v) is 5.64. The van der Waals surface area contributed by atoms with Crippen molar-refractivity contribution >= 4 is 0 Å². The first kappa shape index (κ1) is 12.9. The van der Waals surface area contributed by atoms with Crippen LogP contribution in [0.4, 0.5) is 0 Å². The Hall–Kier alpha value is -0.160. The van der Waals surface area contributed by atoms with Gasteiger partial charge >= 0.3 is 0 Å². The Labute approximate surface area is 92.0 Å². The Bertz CT molecular complexity index is 179. The Morgan fingerprint density at radius 3 is 2.80 bits per heavy atom. The lowest BCUT2D eigenvalue weighted by atomic mass is 10.1. The van der Waals surface area contributed by atoms with Crippen LogP contribution >= 0.6 is 0 Å². The second-order valence-electron chi connectivity index (χ2n) is 4.86. The van der Waals surface area contributed by atoms with Gasteiger partial charge in [0.2, 0.25) is 0 Å². The third kappa shape index (κ3) is 6.10. The highest BCUT2D eigenvalue weighted by Crippen LogP contribution is 2.08. The van der Waals surface area contributed by atoms with E-state index >= 15 is 0 Å². The molecule has 0 aromatic rings. The number of hydrogen-bond acceptors (Lipinski definition) is 4. The normalized spacial score (nSPS) is 28.0. The van der Waals surface area contributed by atoms with Gasteiger partial charge < -0.3 is 19.9 Å². The van der Waals surface area contributed by atoms with E-state index in [1.165, 1.54) is 0 Å². The number of ether oxygens (including phenoxy) is 2. The summed E-state index contributed by atoms with van der Waals surface area (Å²) in [7, 11) is 0. The van der Waals surface area contributed by atoms with E-state index in [1.54, 1.807) is 13.8 Å². The minimum atomic E-state index is -0.640. The van der Waals surface area contributed by atoms with Crippen LogP contribution < -0.4 is 5.32 Å². The molecule has 2 N–H and O–H groups in total. The lowest BCUT2D eigenvalue weighted by Gasteiger charge is -2.28. The lowest BCUT2D eigenvalue weighted by Crippen LogP contribution is -2.45. The number of rotatable bonds is 5. The van der Waals surface area contributed by atoms with Gasteiger partial charge in [0.05, 0.1) is 24.4 Å². The molecule has 2 unspecified atom stereocenters. The molecule has 0 spiro atoms. The van der Waals surface area contributed by atoms with Crippen LogP contribution in [-0.2, 0) is 9.47 Å². The molecule has 0 bridgehead atoms. The molecule has 0 radical (unpaired) electrons. The number of hydrogen-bond donors (Lipinski definition) is 2. The van der Waals surface area contributed by atoms with Gasteiger partial charge in [0, 0.05) is 19.7 Å². The van der Waals surface area contributed by atoms with Crippen LogP contribution in [0.1, 0.15) is 27.2 Å². The van der Waals surface area contributed by atoms with Crippen molar-refractivity contribution in [2.75, 3.05) is 26.3 Å². The van der Waals surface area contributed by atoms with E-state index in [4.69, 9.17) is 9.47 Å². The van der Waals surface area contributed by atoms with Gasteiger partial charge in [0.25, 0.3) is 0 Å². The molecular formula is C11H23NO3. The van der Waals surface area contributed by atoms with E-state index in [-0.39, 0.29) is 12.2 Å². The molecule has 2 atom stereocenters. The van der Waals surface area contributed by atoms with Crippen molar-refractivity contribution in [1.82, 2.24) is 5.32 Å². The summed E-state index contributed by atoms with van der Waals surface area (Å²) in [6.45, 7) is 8.59. The summed E-state index contributed by atoms with van der Waals surface area (Å²) in [6.07, 6.45) is 1.07. The summed E-state index contributed by atoms with van der Waals surface area (Å²) in [4.78, 5) is 0. The van der Waals surface area contributed by atoms with Crippen molar-refractivity contribution in [3.8, 4) is 0 Å². The van der Waals surface area contributed by atoms with Gasteiger partial charge in [-0.05, 0) is 27.2 Å². The molecule has 1 rings (SSSR count). The number of morpholine rings is 1. The summed E-state index contributed by atoms with van der Waals surface area (Å²) in [5.74, 6) is 0. The molecule has 1 saturated heterocycles. The molecule has 90 valence electrons. The van der Waals surface area contributed by atoms with E-state index in [1.807, 2.05) is 0 Å². The van der Waals surface area contributed by atoms with Gasteiger partial charge in [0.15, 0.2) is 0 Å². The molecule has 4 heteroatoms. The van der Waals surface area contributed by atoms with Gasteiger partial charge in [0.1, 0.15) is 0 Å². The molecule has 1 fully saturated rings. The maximum atomic E-state index is 9.47. The fraction of sp³-hybridized carbons (Fsp3) is 1.00. The van der Waals surface area contributed by atoms with Gasteiger partial charge in [-0.15, -0.1) is 0 Å². The van der Waals surface area contributed by atoms with Crippen molar-refractivity contribution in [3.05, 3.63) is 0 Å². The summed E-state index contributed by atoms with van der Waals surface area (Å²) < 4.78 is 11.1. The molecule has 0 aliphatic carbocycles. The molecule has 0 amide bonds. The molecule has 4 nitrogen and oxygen atoms in total. The highest BCUT2D eigenvalue weighted by atomic mass is 16.5. The quantitative estimate of drug-likeness (QED) is 0.660. The number of nitrogens with one attached hydrogen (secondary N) is 1. The lowest BCUT2D eigenvalue weighted by molar-refractivity contribution is -0.0745. The fourth-order valence-corrected chi connectivity index (χ4v) is 1.51. The molecule has 1 aliphatic rings. The van der Waals surface area contributed by atoms with Crippen LogP contribution in [0.15, 0.2) is 0 Å². The molecular weight excluding hydrogens is 194 g/mol. The topological polar surface area (TPSA) is 50.7 Å². The van der Waals surface area contributed by atoms with E-state index in [9.17, 15) is 5.11 Å². The maximum absolute atomic E-state index is 9.47. The number of aliphatic hydroxyl groups is 1. The van der Waals surface area contributed by atoms with Crippen LogP contribution in [0.25, 0.3) is 0 Å². The van der Waals surface area contributed by atoms with E-state index in [0.29, 0.717) is 19.6 Å². The monoisotopic (exact) mass is 217 g/mol. The zero-order valence-electron chi connectivity index (χ0n) is 9.95. The van der Waals surface area contributed by atoms with E-state index in [2.05, 4.69) is 12.2 Å². The van der Waals surface area contributed by atoms with Gasteiger partial charge in [-0.3, -0.25) is 0 Å². The van der Waals surface area contributed by atoms with Gasteiger partial charge in [-0.2, -0.15) is 0 Å². The fourth-order valence-electron chi connectivity index (χ4n) is 1.51. The van der Waals surface area contributed by atoms with Crippen LogP contribution in [0.3, 0.4) is 0 Å². The average Bonchev–Trinajstić information content (AvgIpc) is 2.11. The smallest absolute Gasteiger partial charge is 0.0936 e. The molecule has 0 saturated carbocycles. The second kappa shape index (κ2) is 5.80. The van der Waals surface area contributed by atoms with Crippen molar-refractivity contribution < 1.29 is 14.6 Å². The van der Waals surface area contributed by atoms with Gasteiger partial charge in [-0.25, -0.2) is 0 Å². The Kier molecular flexibility index (Phi) is 4.99. The Balaban J connectivity index is 2.04. The predicted octanol–water partition coefficient (Wildman–Crippen LogP) is 0.541. The summed E-state index contributed by atoms with van der Waals surface area (Å²) >= 11 is 0. The van der Waals surface area contributed by atoms with Crippen LogP contribution in [0, 0.1) is 0 Å². The highest BCUT2D eigenvalue weighted by molar-refractivity contribution is 4.71. The molecule has 1 aliphatic heterocycles. The summed E-state index contributed by atoms with van der Waals surface area (Å²) in [5.41, 5.74) is -0.640. The largest absolute Gasteiger partial charge is 0.390 e. The van der Waals surface area contributed by atoms with Gasteiger partial charge in [-0.1, -0.05) is 0 Å². The SMILES string of the molecule is CC1CNCC(COCCC(C)(C)O)O1. The summed E-state index contributed by atoms with van der Waals surface area (Å²) in [5, 5.41) is 12.8. The highest BCUT2D eigenvalue weighted by Gasteiger charge is 2.19. The minimum absolute atomic E-state index is 0.149. The first-order chi connectivity index (χ1) is 6.97. The molecule has 1 heterocycles.